The van der Waals surface area contributed by atoms with Crippen LogP contribution in [0.1, 0.15) is 0 Å². The van der Waals surface area contributed by atoms with E-state index in [0.29, 0.717) is 0 Å². The van der Waals surface area contributed by atoms with E-state index in [1.807, 2.05) is 60.4 Å². The Kier molecular flexibility index (Phi) is 8.75. The van der Waals surface area contributed by atoms with Gasteiger partial charge in [0.1, 0.15) is 0 Å². The summed E-state index contributed by atoms with van der Waals surface area (Å²) in [6, 6.07) is 60.3. The first-order valence-corrected chi connectivity index (χ1v) is 18.8. The van der Waals surface area contributed by atoms with E-state index in [-0.39, 0.29) is 0 Å². The van der Waals surface area contributed by atoms with Gasteiger partial charge < -0.3 is 9.80 Å². The van der Waals surface area contributed by atoms with Crippen LogP contribution in [0, 0.1) is 0 Å². The van der Waals surface area contributed by atoms with Gasteiger partial charge >= 0.3 is 0 Å². The first-order chi connectivity index (χ1) is 25.8. The van der Waals surface area contributed by atoms with Gasteiger partial charge in [-0.05, 0) is 107 Å². The summed E-state index contributed by atoms with van der Waals surface area (Å²) < 4.78 is 0. The number of hydrogen-bond donors (Lipinski definition) is 0. The summed E-state index contributed by atoms with van der Waals surface area (Å²) in [5.74, 6) is 0. The summed E-state index contributed by atoms with van der Waals surface area (Å²) in [4.78, 5) is 18.5. The summed E-state index contributed by atoms with van der Waals surface area (Å²) in [6.07, 6.45) is 7.50. The van der Waals surface area contributed by atoms with Crippen molar-refractivity contribution >= 4 is 57.6 Å². The molecule has 0 unspecified atom stereocenters. The van der Waals surface area contributed by atoms with E-state index in [1.54, 1.807) is 0 Å². The van der Waals surface area contributed by atoms with Crippen LogP contribution in [0.5, 0.6) is 0 Å². The SMILES string of the molecule is c1ccc(-c2cccc(N(c3cccnc3)c3ccc4c(c3)Sc3ccc(N(c5cccnc5)c5cccc(-c6ccccc6)c5)cc3S4)c2)cc1. The highest BCUT2D eigenvalue weighted by Crippen LogP contribution is 2.52. The molecule has 3 heterocycles. The maximum absolute atomic E-state index is 4.48. The van der Waals surface area contributed by atoms with E-state index in [2.05, 4.69) is 177 Å². The molecule has 2 aromatic heterocycles. The third-order valence-electron chi connectivity index (χ3n) is 9.04. The maximum Gasteiger partial charge on any atom is 0.0644 e. The normalized spacial score (nSPS) is 11.7. The summed E-state index contributed by atoms with van der Waals surface area (Å²) >= 11 is 3.64. The molecule has 248 valence electrons. The largest absolute Gasteiger partial charge is 0.309 e. The second-order valence-corrected chi connectivity index (χ2v) is 14.6. The van der Waals surface area contributed by atoms with Crippen LogP contribution in [-0.2, 0) is 0 Å². The number of rotatable bonds is 8. The van der Waals surface area contributed by atoms with Gasteiger partial charge in [0, 0.05) is 54.7 Å². The predicted molar refractivity (Wildman–Crippen MR) is 217 cm³/mol. The molecular weight excluding hydrogens is 673 g/mol. The molecular formula is C46H32N4S2. The number of fused-ring (bicyclic) bond motifs is 2. The first-order valence-electron chi connectivity index (χ1n) is 17.1. The Morgan fingerprint density at radius 1 is 0.308 bits per heavy atom. The van der Waals surface area contributed by atoms with E-state index >= 15 is 0 Å². The van der Waals surface area contributed by atoms with Crippen LogP contribution in [0.2, 0.25) is 0 Å². The number of pyridine rings is 2. The number of nitrogens with zero attached hydrogens (tertiary/aromatic N) is 4. The smallest absolute Gasteiger partial charge is 0.0644 e. The standard InChI is InChI=1S/C46H32N4S2/c1-3-11-33(12-4-1)35-15-7-17-37(27-35)49(41-19-9-25-47-31-41)39-21-23-43-45(29-39)51-44-24-22-40(30-46(44)52-43)50(42-20-10-26-48-32-42)38-18-8-16-36(28-38)34-13-5-2-6-14-34/h1-32H. The molecule has 0 fully saturated rings. The average molecular weight is 705 g/mol. The zero-order chi connectivity index (χ0) is 34.7. The van der Waals surface area contributed by atoms with Crippen LogP contribution in [0.3, 0.4) is 0 Å². The van der Waals surface area contributed by atoms with Gasteiger partial charge in [-0.15, -0.1) is 0 Å². The summed E-state index contributed by atoms with van der Waals surface area (Å²) in [6.45, 7) is 0. The van der Waals surface area contributed by atoms with Crippen LogP contribution in [0.25, 0.3) is 22.3 Å². The molecule has 1 aliphatic heterocycles. The number of benzene rings is 6. The van der Waals surface area contributed by atoms with Crippen molar-refractivity contribution in [2.45, 2.75) is 19.6 Å². The highest BCUT2D eigenvalue weighted by atomic mass is 32.2. The van der Waals surface area contributed by atoms with Crippen molar-refractivity contribution in [2.24, 2.45) is 0 Å². The third kappa shape index (κ3) is 6.46. The maximum atomic E-state index is 4.48. The highest BCUT2D eigenvalue weighted by Gasteiger charge is 2.23. The summed E-state index contributed by atoms with van der Waals surface area (Å²) in [5, 5.41) is 0. The van der Waals surface area contributed by atoms with Crippen molar-refractivity contribution in [3.05, 3.63) is 195 Å². The molecule has 0 radical (unpaired) electrons. The molecule has 1 aliphatic rings. The molecule has 0 bridgehead atoms. The minimum Gasteiger partial charge on any atom is -0.309 e. The van der Waals surface area contributed by atoms with Gasteiger partial charge in [-0.3, -0.25) is 9.97 Å². The third-order valence-corrected chi connectivity index (χ3v) is 11.6. The van der Waals surface area contributed by atoms with Gasteiger partial charge in [0.25, 0.3) is 0 Å². The Bertz CT molecular complexity index is 2300. The lowest BCUT2D eigenvalue weighted by Crippen LogP contribution is -2.11. The molecule has 4 nitrogen and oxygen atoms in total. The Morgan fingerprint density at radius 3 is 1.13 bits per heavy atom. The second kappa shape index (κ2) is 14.3. The lowest BCUT2D eigenvalue weighted by molar-refractivity contribution is 1.13. The van der Waals surface area contributed by atoms with E-state index in [4.69, 9.17) is 0 Å². The van der Waals surface area contributed by atoms with Crippen LogP contribution < -0.4 is 9.80 Å². The molecule has 0 saturated carbocycles. The average Bonchev–Trinajstić information content (AvgIpc) is 3.22. The number of aromatic nitrogens is 2. The quantitative estimate of drug-likeness (QED) is 0.157. The van der Waals surface area contributed by atoms with Gasteiger partial charge in [0.2, 0.25) is 0 Å². The Hall–Kier alpha value is -6.08. The van der Waals surface area contributed by atoms with Crippen LogP contribution >= 0.6 is 23.5 Å². The van der Waals surface area contributed by atoms with Crippen molar-refractivity contribution in [3.8, 4) is 22.3 Å². The van der Waals surface area contributed by atoms with E-state index < -0.39 is 0 Å². The molecule has 6 aromatic carbocycles. The molecule has 52 heavy (non-hydrogen) atoms. The molecule has 0 amide bonds. The predicted octanol–water partition coefficient (Wildman–Crippen LogP) is 13.4. The van der Waals surface area contributed by atoms with Crippen molar-refractivity contribution in [3.63, 3.8) is 0 Å². The highest BCUT2D eigenvalue weighted by molar-refractivity contribution is 8.05. The number of anilines is 6. The minimum absolute atomic E-state index is 1.01. The molecule has 8 aromatic rings. The van der Waals surface area contributed by atoms with Crippen LogP contribution in [-0.4, -0.2) is 9.97 Å². The van der Waals surface area contributed by atoms with Crippen LogP contribution in [0.15, 0.2) is 214 Å². The first kappa shape index (κ1) is 31.9. The van der Waals surface area contributed by atoms with E-state index in [1.165, 1.54) is 41.8 Å². The fraction of sp³-hybridized carbons (Fsp3) is 0. The Balaban J connectivity index is 1.06. The van der Waals surface area contributed by atoms with E-state index in [0.717, 1.165) is 34.1 Å². The fourth-order valence-corrected chi connectivity index (χ4v) is 8.88. The zero-order valence-electron chi connectivity index (χ0n) is 28.1. The van der Waals surface area contributed by atoms with Crippen molar-refractivity contribution in [1.82, 2.24) is 9.97 Å². The molecule has 6 heteroatoms. The summed E-state index contributed by atoms with van der Waals surface area (Å²) in [7, 11) is 0. The van der Waals surface area contributed by atoms with Gasteiger partial charge in [0.05, 0.1) is 23.8 Å². The van der Waals surface area contributed by atoms with E-state index in [9.17, 15) is 0 Å². The molecule has 0 saturated heterocycles. The molecule has 0 aliphatic carbocycles. The van der Waals surface area contributed by atoms with Gasteiger partial charge in [-0.2, -0.15) is 0 Å². The molecule has 0 N–H and O–H groups in total. The Labute approximate surface area is 312 Å². The lowest BCUT2D eigenvalue weighted by Gasteiger charge is -2.29. The van der Waals surface area contributed by atoms with Gasteiger partial charge in [-0.25, -0.2) is 0 Å². The number of hydrogen-bond acceptors (Lipinski definition) is 6. The van der Waals surface area contributed by atoms with Gasteiger partial charge in [-0.1, -0.05) is 108 Å². The zero-order valence-corrected chi connectivity index (χ0v) is 29.7. The van der Waals surface area contributed by atoms with Gasteiger partial charge in [0.15, 0.2) is 0 Å². The second-order valence-electron chi connectivity index (χ2n) is 12.4. The molecule has 0 atom stereocenters. The van der Waals surface area contributed by atoms with Crippen LogP contribution in [0.4, 0.5) is 34.1 Å². The fourth-order valence-electron chi connectivity index (χ4n) is 6.61. The molecule has 0 spiro atoms. The Morgan fingerprint density at radius 2 is 0.712 bits per heavy atom. The minimum atomic E-state index is 1.01. The molecule has 9 rings (SSSR count). The topological polar surface area (TPSA) is 32.3 Å². The van der Waals surface area contributed by atoms with Crippen molar-refractivity contribution < 1.29 is 0 Å². The van der Waals surface area contributed by atoms with Crippen molar-refractivity contribution in [2.75, 3.05) is 9.80 Å². The van der Waals surface area contributed by atoms with Crippen molar-refractivity contribution in [1.29, 1.82) is 0 Å². The summed E-state index contributed by atoms with van der Waals surface area (Å²) in [5.41, 5.74) is 11.1. The monoisotopic (exact) mass is 704 g/mol. The lowest BCUT2D eigenvalue weighted by atomic mass is 10.0.